The van der Waals surface area contributed by atoms with Crippen LogP contribution in [0.15, 0.2) is 18.2 Å². The minimum atomic E-state index is -0.498. The molecule has 0 amide bonds. The highest BCUT2D eigenvalue weighted by Gasteiger charge is 2.04. The molecule has 0 saturated carbocycles. The van der Waals surface area contributed by atoms with Gasteiger partial charge in [0.05, 0.1) is 26.9 Å². The second kappa shape index (κ2) is 7.92. The fraction of sp³-hybridized carbons (Fsp3) is 0.538. The van der Waals surface area contributed by atoms with E-state index in [1.54, 1.807) is 21.3 Å². The van der Waals surface area contributed by atoms with E-state index < -0.39 is 6.10 Å². The predicted molar refractivity (Wildman–Crippen MR) is 69.1 cm³/mol. The first-order valence-corrected chi connectivity index (χ1v) is 5.79. The average Bonchev–Trinajstić information content (AvgIpc) is 2.38. The highest BCUT2D eigenvalue weighted by Crippen LogP contribution is 2.22. The topological polar surface area (TPSA) is 60.0 Å². The number of hydrogen-bond donors (Lipinski definition) is 2. The van der Waals surface area contributed by atoms with Gasteiger partial charge < -0.3 is 24.6 Å². The van der Waals surface area contributed by atoms with E-state index in [1.165, 1.54) is 0 Å². The van der Waals surface area contributed by atoms with Gasteiger partial charge in [-0.2, -0.15) is 0 Å². The van der Waals surface area contributed by atoms with Gasteiger partial charge in [-0.1, -0.05) is 0 Å². The van der Waals surface area contributed by atoms with E-state index in [9.17, 15) is 5.11 Å². The van der Waals surface area contributed by atoms with Crippen molar-refractivity contribution in [3.05, 3.63) is 23.8 Å². The fourth-order valence-electron chi connectivity index (χ4n) is 1.60. The Hall–Kier alpha value is -1.30. The molecule has 0 saturated heterocycles. The molecule has 18 heavy (non-hydrogen) atoms. The van der Waals surface area contributed by atoms with Gasteiger partial charge >= 0.3 is 0 Å². The molecular formula is C13H21NO4. The molecule has 5 heteroatoms. The second-order valence-electron chi connectivity index (χ2n) is 3.96. The van der Waals surface area contributed by atoms with Crippen LogP contribution >= 0.6 is 0 Å². The van der Waals surface area contributed by atoms with Crippen molar-refractivity contribution in [1.82, 2.24) is 5.32 Å². The Morgan fingerprint density at radius 3 is 2.22 bits per heavy atom. The summed E-state index contributed by atoms with van der Waals surface area (Å²) >= 11 is 0. The van der Waals surface area contributed by atoms with Gasteiger partial charge in [0.2, 0.25) is 0 Å². The Kier molecular flexibility index (Phi) is 6.49. The molecule has 0 aliphatic carbocycles. The van der Waals surface area contributed by atoms with Gasteiger partial charge in [0.15, 0.2) is 0 Å². The lowest BCUT2D eigenvalue weighted by atomic mass is 10.2. The molecule has 102 valence electrons. The lowest BCUT2D eigenvalue weighted by molar-refractivity contribution is 0.0644. The zero-order valence-electron chi connectivity index (χ0n) is 11.1. The van der Waals surface area contributed by atoms with Crippen LogP contribution in [0.4, 0.5) is 0 Å². The molecule has 0 aliphatic heterocycles. The maximum atomic E-state index is 9.49. The second-order valence-corrected chi connectivity index (χ2v) is 3.96. The quantitative estimate of drug-likeness (QED) is 0.719. The van der Waals surface area contributed by atoms with Crippen molar-refractivity contribution in [2.45, 2.75) is 12.6 Å². The average molecular weight is 255 g/mol. The van der Waals surface area contributed by atoms with E-state index in [1.807, 2.05) is 18.2 Å². The van der Waals surface area contributed by atoms with E-state index in [0.29, 0.717) is 19.7 Å². The zero-order chi connectivity index (χ0) is 13.4. The Morgan fingerprint density at radius 1 is 1.11 bits per heavy atom. The maximum Gasteiger partial charge on any atom is 0.122 e. The van der Waals surface area contributed by atoms with Crippen LogP contribution in [-0.4, -0.2) is 45.7 Å². The summed E-state index contributed by atoms with van der Waals surface area (Å²) in [4.78, 5) is 0. The lowest BCUT2D eigenvalue weighted by Crippen LogP contribution is -2.29. The summed E-state index contributed by atoms with van der Waals surface area (Å²) in [5, 5.41) is 12.6. The molecule has 1 aromatic carbocycles. The summed E-state index contributed by atoms with van der Waals surface area (Å²) in [6, 6.07) is 5.68. The van der Waals surface area contributed by atoms with Gasteiger partial charge in [-0.3, -0.25) is 0 Å². The highest BCUT2D eigenvalue weighted by atomic mass is 16.5. The summed E-state index contributed by atoms with van der Waals surface area (Å²) in [6.07, 6.45) is -0.498. The number of aliphatic hydroxyl groups is 1. The molecule has 0 bridgehead atoms. The molecule has 0 aromatic heterocycles. The van der Waals surface area contributed by atoms with Crippen molar-refractivity contribution in [3.63, 3.8) is 0 Å². The normalized spacial score (nSPS) is 12.2. The maximum absolute atomic E-state index is 9.49. The first-order chi connectivity index (χ1) is 8.69. The summed E-state index contributed by atoms with van der Waals surface area (Å²) in [7, 11) is 4.80. The number of benzene rings is 1. The molecule has 1 atom stereocenters. The van der Waals surface area contributed by atoms with E-state index in [2.05, 4.69) is 5.32 Å². The van der Waals surface area contributed by atoms with Crippen LogP contribution < -0.4 is 14.8 Å². The van der Waals surface area contributed by atoms with Gasteiger partial charge in [-0.05, 0) is 17.7 Å². The van der Waals surface area contributed by atoms with E-state index in [-0.39, 0.29) is 0 Å². The van der Waals surface area contributed by atoms with Crippen molar-refractivity contribution in [2.24, 2.45) is 0 Å². The van der Waals surface area contributed by atoms with Crippen LogP contribution in [-0.2, 0) is 11.3 Å². The Labute approximate surface area is 108 Å². The van der Waals surface area contributed by atoms with Crippen LogP contribution in [0.2, 0.25) is 0 Å². The third kappa shape index (κ3) is 4.91. The number of methoxy groups -OCH3 is 3. The van der Waals surface area contributed by atoms with Crippen molar-refractivity contribution in [1.29, 1.82) is 0 Å². The third-order valence-corrected chi connectivity index (χ3v) is 2.48. The minimum absolute atomic E-state index is 0.328. The van der Waals surface area contributed by atoms with E-state index in [4.69, 9.17) is 14.2 Å². The Morgan fingerprint density at radius 2 is 1.72 bits per heavy atom. The molecule has 0 aliphatic rings. The number of ether oxygens (including phenoxy) is 3. The smallest absolute Gasteiger partial charge is 0.122 e. The predicted octanol–water partition coefficient (Wildman–Crippen LogP) is 0.801. The molecule has 5 nitrogen and oxygen atoms in total. The summed E-state index contributed by atoms with van der Waals surface area (Å²) in [6.45, 7) is 1.44. The van der Waals surface area contributed by atoms with E-state index >= 15 is 0 Å². The molecule has 1 unspecified atom stereocenters. The molecule has 1 rings (SSSR count). The molecule has 0 spiro atoms. The van der Waals surface area contributed by atoms with Crippen molar-refractivity contribution >= 4 is 0 Å². The largest absolute Gasteiger partial charge is 0.497 e. The number of hydrogen-bond acceptors (Lipinski definition) is 5. The molecule has 0 radical (unpaired) electrons. The van der Waals surface area contributed by atoms with Gasteiger partial charge in [-0.15, -0.1) is 0 Å². The SMILES string of the molecule is COCC(O)CNCc1cc(OC)cc(OC)c1. The Bertz CT molecular complexity index is 335. The van der Waals surface area contributed by atoms with Crippen molar-refractivity contribution in [2.75, 3.05) is 34.5 Å². The van der Waals surface area contributed by atoms with Crippen molar-refractivity contribution < 1.29 is 19.3 Å². The summed E-state index contributed by atoms with van der Waals surface area (Å²) in [5.41, 5.74) is 1.04. The monoisotopic (exact) mass is 255 g/mol. The van der Waals surface area contributed by atoms with Crippen LogP contribution in [0, 0.1) is 0 Å². The highest BCUT2D eigenvalue weighted by molar-refractivity contribution is 5.38. The summed E-state index contributed by atoms with van der Waals surface area (Å²) in [5.74, 6) is 1.51. The number of nitrogens with one attached hydrogen (secondary N) is 1. The number of aliphatic hydroxyl groups excluding tert-OH is 1. The molecule has 0 fully saturated rings. The van der Waals surface area contributed by atoms with Gasteiger partial charge in [0.1, 0.15) is 11.5 Å². The van der Waals surface area contributed by atoms with Crippen LogP contribution in [0.5, 0.6) is 11.5 Å². The summed E-state index contributed by atoms with van der Waals surface area (Å²) < 4.78 is 15.2. The first kappa shape index (κ1) is 14.8. The van der Waals surface area contributed by atoms with Crippen molar-refractivity contribution in [3.8, 4) is 11.5 Å². The third-order valence-electron chi connectivity index (χ3n) is 2.48. The van der Waals surface area contributed by atoms with Crippen LogP contribution in [0.1, 0.15) is 5.56 Å². The molecule has 2 N–H and O–H groups in total. The number of rotatable bonds is 8. The van der Waals surface area contributed by atoms with E-state index in [0.717, 1.165) is 17.1 Å². The first-order valence-electron chi connectivity index (χ1n) is 5.79. The molecule has 0 heterocycles. The lowest BCUT2D eigenvalue weighted by Gasteiger charge is -2.12. The zero-order valence-corrected chi connectivity index (χ0v) is 11.1. The van der Waals surface area contributed by atoms with Gasteiger partial charge in [0.25, 0.3) is 0 Å². The minimum Gasteiger partial charge on any atom is -0.497 e. The van der Waals surface area contributed by atoms with Crippen LogP contribution in [0.25, 0.3) is 0 Å². The van der Waals surface area contributed by atoms with Crippen LogP contribution in [0.3, 0.4) is 0 Å². The van der Waals surface area contributed by atoms with Gasteiger partial charge in [0, 0.05) is 26.3 Å². The molecular weight excluding hydrogens is 234 g/mol. The van der Waals surface area contributed by atoms with Gasteiger partial charge in [-0.25, -0.2) is 0 Å². The fourth-order valence-corrected chi connectivity index (χ4v) is 1.60. The molecule has 1 aromatic rings. The Balaban J connectivity index is 2.50. The standard InChI is InChI=1S/C13H21NO4/c1-16-9-11(15)8-14-7-10-4-12(17-2)6-13(5-10)18-3/h4-6,11,14-15H,7-9H2,1-3H3.